The highest BCUT2D eigenvalue weighted by Gasteiger charge is 1.88. The summed E-state index contributed by atoms with van der Waals surface area (Å²) in [5, 5.41) is 1.98. The zero-order chi connectivity index (χ0) is 11.4. The van der Waals surface area contributed by atoms with Crippen molar-refractivity contribution in [1.29, 1.82) is 0 Å². The molecule has 2 heteroatoms. The first-order chi connectivity index (χ1) is 7.35. The van der Waals surface area contributed by atoms with Crippen LogP contribution in [0.15, 0.2) is 61.4 Å². The predicted molar refractivity (Wildman–Crippen MR) is 65.4 cm³/mol. The molecule has 0 unspecified atom stereocenters. The fourth-order valence-electron chi connectivity index (χ4n) is 0.881. The van der Waals surface area contributed by atoms with E-state index >= 15 is 0 Å². The molecule has 0 heterocycles. The van der Waals surface area contributed by atoms with Gasteiger partial charge < -0.3 is 10.1 Å². The quantitative estimate of drug-likeness (QED) is 0.473. The average Bonchev–Trinajstić information content (AvgIpc) is 2.26. The fraction of sp³-hybridized carbons (Fsp3) is 0.231. The van der Waals surface area contributed by atoms with Crippen LogP contribution in [-0.2, 0) is 4.74 Å². The van der Waals surface area contributed by atoms with Crippen molar-refractivity contribution in [3.63, 3.8) is 0 Å². The second-order valence-corrected chi connectivity index (χ2v) is 2.84. The second kappa shape index (κ2) is 10.7. The van der Waals surface area contributed by atoms with Gasteiger partial charge >= 0.3 is 0 Å². The van der Waals surface area contributed by atoms with E-state index in [9.17, 15) is 0 Å². The molecule has 2 N–H and O–H groups in total. The first-order valence-corrected chi connectivity index (χ1v) is 4.98. The number of nitrogens with two attached hydrogens (primary N) is 1. The lowest BCUT2D eigenvalue weighted by Crippen LogP contribution is -2.72. The molecule has 0 saturated heterocycles. The summed E-state index contributed by atoms with van der Waals surface area (Å²) in [4.78, 5) is 0. The lowest BCUT2D eigenvalue weighted by molar-refractivity contribution is -0.556. The maximum absolute atomic E-state index is 5.40. The summed E-state index contributed by atoms with van der Waals surface area (Å²) in [6.45, 7) is 8.49. The highest BCUT2D eigenvalue weighted by atomic mass is 16.5. The minimum Gasteiger partial charge on any atom is -0.373 e. The van der Waals surface area contributed by atoms with Crippen molar-refractivity contribution in [3.05, 3.63) is 61.4 Å². The Morgan fingerprint density at radius 3 is 2.73 bits per heavy atom. The van der Waals surface area contributed by atoms with Gasteiger partial charge in [0.2, 0.25) is 0 Å². The molecule has 0 atom stereocenters. The molecule has 0 spiro atoms. The van der Waals surface area contributed by atoms with Crippen molar-refractivity contribution in [1.82, 2.24) is 0 Å². The van der Waals surface area contributed by atoms with Crippen LogP contribution >= 0.6 is 0 Å². The molecule has 0 aliphatic carbocycles. The van der Waals surface area contributed by atoms with Crippen LogP contribution in [0.1, 0.15) is 0 Å². The lowest BCUT2D eigenvalue weighted by Gasteiger charge is -2.00. The summed E-state index contributed by atoms with van der Waals surface area (Å²) in [6, 6.07) is 0. The van der Waals surface area contributed by atoms with E-state index < -0.39 is 0 Å². The molecule has 0 aromatic carbocycles. The van der Waals surface area contributed by atoms with Crippen molar-refractivity contribution in [2.45, 2.75) is 0 Å². The Balaban J connectivity index is 3.65. The summed E-state index contributed by atoms with van der Waals surface area (Å²) in [6.07, 6.45) is 13.3. The monoisotopic (exact) mass is 206 g/mol. The van der Waals surface area contributed by atoms with Crippen LogP contribution in [0.2, 0.25) is 0 Å². The highest BCUT2D eigenvalue weighted by Crippen LogP contribution is 1.96. The summed E-state index contributed by atoms with van der Waals surface area (Å²) >= 11 is 0. The third-order valence-electron chi connectivity index (χ3n) is 1.63. The molecule has 2 nitrogen and oxygen atoms in total. The second-order valence-electron chi connectivity index (χ2n) is 2.84. The van der Waals surface area contributed by atoms with Gasteiger partial charge in [-0.05, 0) is 11.6 Å². The summed E-state index contributed by atoms with van der Waals surface area (Å²) in [5.74, 6) is 0. The third kappa shape index (κ3) is 8.94. The van der Waals surface area contributed by atoms with Gasteiger partial charge in [0.15, 0.2) is 0 Å². The van der Waals surface area contributed by atoms with Crippen molar-refractivity contribution in [2.75, 3.05) is 20.3 Å². The van der Waals surface area contributed by atoms with Gasteiger partial charge in [-0.3, -0.25) is 0 Å². The normalized spacial score (nSPS) is 12.5. The third-order valence-corrected chi connectivity index (χ3v) is 1.63. The van der Waals surface area contributed by atoms with E-state index in [2.05, 4.69) is 13.2 Å². The molecule has 0 amide bonds. The zero-order valence-corrected chi connectivity index (χ0v) is 9.36. The maximum atomic E-state index is 5.40. The van der Waals surface area contributed by atoms with Crippen LogP contribution in [0, 0.1) is 0 Å². The minimum atomic E-state index is 0.573. The zero-order valence-electron chi connectivity index (χ0n) is 9.36. The topological polar surface area (TPSA) is 25.8 Å². The largest absolute Gasteiger partial charge is 0.373 e. The first kappa shape index (κ1) is 13.6. The Bertz CT molecular complexity index is 262. The van der Waals surface area contributed by atoms with Crippen LogP contribution in [0.5, 0.6) is 0 Å². The molecule has 82 valence electrons. The highest BCUT2D eigenvalue weighted by molar-refractivity contribution is 5.21. The van der Waals surface area contributed by atoms with Gasteiger partial charge in [0.1, 0.15) is 0 Å². The van der Waals surface area contributed by atoms with Gasteiger partial charge in [-0.2, -0.15) is 0 Å². The van der Waals surface area contributed by atoms with E-state index in [0.29, 0.717) is 13.2 Å². The average molecular weight is 206 g/mol. The molecular weight excluding hydrogens is 186 g/mol. The maximum Gasteiger partial charge on any atom is 0.0923 e. The number of quaternary nitrogens is 1. The van der Waals surface area contributed by atoms with E-state index in [1.54, 1.807) is 12.2 Å². The summed E-state index contributed by atoms with van der Waals surface area (Å²) in [7, 11) is 1.98. The van der Waals surface area contributed by atoms with E-state index in [-0.39, 0.29) is 0 Å². The number of allylic oxidation sites excluding steroid dienone is 4. The molecule has 0 aliphatic rings. The van der Waals surface area contributed by atoms with Crippen LogP contribution in [0.3, 0.4) is 0 Å². The smallest absolute Gasteiger partial charge is 0.0923 e. The molecule has 15 heavy (non-hydrogen) atoms. The van der Waals surface area contributed by atoms with Gasteiger partial charge in [0, 0.05) is 0 Å². The molecule has 0 saturated carbocycles. The number of hydrogen-bond donors (Lipinski definition) is 1. The molecule has 0 rings (SSSR count). The van der Waals surface area contributed by atoms with Crippen LogP contribution in [0.25, 0.3) is 0 Å². The van der Waals surface area contributed by atoms with Gasteiger partial charge in [-0.1, -0.05) is 43.5 Å². The molecule has 0 aliphatic heterocycles. The fourth-order valence-corrected chi connectivity index (χ4v) is 0.881. The van der Waals surface area contributed by atoms with Crippen molar-refractivity contribution in [2.24, 2.45) is 0 Å². The van der Waals surface area contributed by atoms with E-state index in [1.165, 1.54) is 0 Å². The Hall–Kier alpha value is -1.38. The number of ether oxygens (including phenoxy) is 1. The molecule has 0 bridgehead atoms. The van der Waals surface area contributed by atoms with Gasteiger partial charge in [0.25, 0.3) is 0 Å². The summed E-state index contributed by atoms with van der Waals surface area (Å²) < 4.78 is 5.40. The Morgan fingerprint density at radius 1 is 1.33 bits per heavy atom. The van der Waals surface area contributed by atoms with Gasteiger partial charge in [-0.15, -0.1) is 0 Å². The van der Waals surface area contributed by atoms with E-state index in [1.807, 2.05) is 42.9 Å². The molecule has 0 aromatic rings. The Kier molecular flexibility index (Phi) is 9.71. The van der Waals surface area contributed by atoms with Crippen LogP contribution in [-0.4, -0.2) is 20.3 Å². The number of hydrogen-bond acceptors (Lipinski definition) is 1. The molecule has 0 radical (unpaired) electrons. The van der Waals surface area contributed by atoms with Crippen LogP contribution in [0.4, 0.5) is 0 Å². The molecular formula is C13H20NO+. The lowest BCUT2D eigenvalue weighted by atomic mass is 10.2. The molecule has 0 aromatic heterocycles. The Labute approximate surface area is 92.3 Å². The van der Waals surface area contributed by atoms with Crippen LogP contribution < -0.4 is 5.32 Å². The van der Waals surface area contributed by atoms with E-state index in [4.69, 9.17) is 4.74 Å². The first-order valence-electron chi connectivity index (χ1n) is 4.98. The van der Waals surface area contributed by atoms with Gasteiger partial charge in [0.05, 0.1) is 26.5 Å². The van der Waals surface area contributed by atoms with Crippen molar-refractivity contribution in [3.8, 4) is 0 Å². The SMILES string of the molecule is C=C/C=C(\C=C)COC/C=C\C=C/[NH2+]C. The number of rotatable bonds is 8. The summed E-state index contributed by atoms with van der Waals surface area (Å²) in [5.41, 5.74) is 1.04. The van der Waals surface area contributed by atoms with E-state index in [0.717, 1.165) is 5.57 Å². The van der Waals surface area contributed by atoms with Crippen molar-refractivity contribution >= 4 is 0 Å². The standard InChI is InChI=1S/C13H19NO/c1-4-9-13(5-2)12-15-11-8-6-7-10-14-3/h4-10,14H,1-2,11-12H2,3H3/p+1/b8-6-,10-7-,13-9+. The minimum absolute atomic E-state index is 0.573. The Morgan fingerprint density at radius 2 is 2.13 bits per heavy atom. The predicted octanol–water partition coefficient (Wildman–Crippen LogP) is 1.56. The molecule has 0 fully saturated rings. The van der Waals surface area contributed by atoms with Gasteiger partial charge in [-0.25, -0.2) is 0 Å². The van der Waals surface area contributed by atoms with Crippen molar-refractivity contribution < 1.29 is 10.1 Å².